The van der Waals surface area contributed by atoms with E-state index in [0.717, 1.165) is 11.5 Å². The fraction of sp³-hybridized carbons (Fsp3) is 0.500. The summed E-state index contributed by atoms with van der Waals surface area (Å²) < 4.78 is 29.3. The normalized spacial score (nSPS) is 12.8. The summed E-state index contributed by atoms with van der Waals surface area (Å²) in [6, 6.07) is 5.43. The molecule has 2 aromatic heterocycles. The first-order valence-corrected chi connectivity index (χ1v) is 8.22. The lowest BCUT2D eigenvalue weighted by molar-refractivity contribution is 0.567. The van der Waals surface area contributed by atoms with Crippen LogP contribution in [-0.4, -0.2) is 23.8 Å². The summed E-state index contributed by atoms with van der Waals surface area (Å²) in [6.07, 6.45) is 0. The van der Waals surface area contributed by atoms with E-state index in [0.29, 0.717) is 5.52 Å². The molecule has 0 bridgehead atoms. The molecule has 0 unspecified atom stereocenters. The zero-order valence-corrected chi connectivity index (χ0v) is 13.3. The summed E-state index contributed by atoms with van der Waals surface area (Å²) >= 11 is 0. The van der Waals surface area contributed by atoms with Crippen molar-refractivity contribution in [3.05, 3.63) is 29.7 Å². The molecule has 1 N–H and O–H groups in total. The van der Waals surface area contributed by atoms with Gasteiger partial charge in [0.15, 0.2) is 5.03 Å². The average Bonchev–Trinajstić information content (AvgIpc) is 2.68. The van der Waals surface area contributed by atoms with Crippen LogP contribution in [0.4, 0.5) is 0 Å². The maximum atomic E-state index is 12.4. The van der Waals surface area contributed by atoms with Gasteiger partial charge in [-0.1, -0.05) is 19.9 Å². The molecule has 2 heterocycles. The van der Waals surface area contributed by atoms with E-state index in [1.807, 2.05) is 37.3 Å². The van der Waals surface area contributed by atoms with E-state index in [1.165, 1.54) is 0 Å². The minimum Gasteiger partial charge on any atom is -0.299 e. The molecule has 2 aromatic rings. The average molecular weight is 295 g/mol. The lowest BCUT2D eigenvalue weighted by Gasteiger charge is -2.08. The number of pyridine rings is 1. The van der Waals surface area contributed by atoms with Gasteiger partial charge >= 0.3 is 0 Å². The molecule has 0 radical (unpaired) electrons. The van der Waals surface area contributed by atoms with Crippen LogP contribution in [0.2, 0.25) is 0 Å². The highest BCUT2D eigenvalue weighted by molar-refractivity contribution is 7.89. The Morgan fingerprint density at radius 1 is 1.20 bits per heavy atom. The lowest BCUT2D eigenvalue weighted by atomic mass is 10.2. The van der Waals surface area contributed by atoms with Crippen LogP contribution in [0, 0.1) is 6.92 Å². The maximum Gasteiger partial charge on any atom is 0.260 e. The molecule has 20 heavy (non-hydrogen) atoms. The third kappa shape index (κ3) is 2.58. The second kappa shape index (κ2) is 5.18. The second-order valence-electron chi connectivity index (χ2n) is 5.59. The summed E-state index contributed by atoms with van der Waals surface area (Å²) in [5.41, 5.74) is 1.60. The Kier molecular flexibility index (Phi) is 3.88. The largest absolute Gasteiger partial charge is 0.299 e. The van der Waals surface area contributed by atoms with Crippen molar-refractivity contribution in [2.45, 2.75) is 51.6 Å². The number of sulfonamides is 1. The van der Waals surface area contributed by atoms with Crippen LogP contribution in [0.5, 0.6) is 0 Å². The fourth-order valence-corrected chi connectivity index (χ4v) is 3.63. The van der Waals surface area contributed by atoms with Gasteiger partial charge in [0, 0.05) is 17.7 Å². The number of aromatic nitrogens is 2. The molecular formula is C14H21N3O2S. The van der Waals surface area contributed by atoms with Crippen molar-refractivity contribution in [2.24, 2.45) is 0 Å². The highest BCUT2D eigenvalue weighted by atomic mass is 32.2. The van der Waals surface area contributed by atoms with E-state index in [4.69, 9.17) is 0 Å². The number of hydrogen-bond donors (Lipinski definition) is 1. The topological polar surface area (TPSA) is 63.5 Å². The molecule has 0 saturated carbocycles. The van der Waals surface area contributed by atoms with Crippen molar-refractivity contribution in [3.63, 3.8) is 0 Å². The minimum atomic E-state index is -3.60. The van der Waals surface area contributed by atoms with Gasteiger partial charge in [-0.2, -0.15) is 0 Å². The Labute approximate surface area is 120 Å². The number of nitrogens with zero attached hydrogens (tertiary/aromatic N) is 2. The smallest absolute Gasteiger partial charge is 0.260 e. The van der Waals surface area contributed by atoms with Crippen molar-refractivity contribution in [2.75, 3.05) is 0 Å². The van der Waals surface area contributed by atoms with Crippen LogP contribution in [0.3, 0.4) is 0 Å². The Balaban J connectivity index is 2.76. The second-order valence-corrected chi connectivity index (χ2v) is 7.22. The van der Waals surface area contributed by atoms with Gasteiger partial charge < -0.3 is 0 Å². The summed E-state index contributed by atoms with van der Waals surface area (Å²) in [6.45, 7) is 9.56. The summed E-state index contributed by atoms with van der Waals surface area (Å²) in [5, 5.41) is 0.110. The summed E-state index contributed by atoms with van der Waals surface area (Å²) in [5.74, 6) is 0.911. The van der Waals surface area contributed by atoms with Crippen molar-refractivity contribution in [3.8, 4) is 0 Å². The van der Waals surface area contributed by atoms with Crippen LogP contribution >= 0.6 is 0 Å². The molecule has 6 heteroatoms. The van der Waals surface area contributed by atoms with E-state index < -0.39 is 10.0 Å². The Hall–Kier alpha value is -1.40. The number of hydrogen-bond acceptors (Lipinski definition) is 3. The van der Waals surface area contributed by atoms with Gasteiger partial charge in [-0.25, -0.2) is 18.1 Å². The molecule has 0 atom stereocenters. The third-order valence-electron chi connectivity index (χ3n) is 3.01. The lowest BCUT2D eigenvalue weighted by Crippen LogP contribution is -2.30. The van der Waals surface area contributed by atoms with Crippen molar-refractivity contribution >= 4 is 15.5 Å². The first-order valence-electron chi connectivity index (χ1n) is 6.74. The maximum absolute atomic E-state index is 12.4. The van der Waals surface area contributed by atoms with E-state index in [2.05, 4.69) is 9.71 Å². The van der Waals surface area contributed by atoms with Gasteiger partial charge in [0.25, 0.3) is 10.0 Å². The molecule has 0 aliphatic carbocycles. The Bertz CT molecular complexity index is 730. The summed E-state index contributed by atoms with van der Waals surface area (Å²) in [4.78, 5) is 4.39. The number of imidazole rings is 1. The van der Waals surface area contributed by atoms with Gasteiger partial charge in [-0.15, -0.1) is 0 Å². The number of fused-ring (bicyclic) bond motifs is 1. The van der Waals surface area contributed by atoms with Gasteiger partial charge in [0.05, 0.1) is 5.52 Å². The zero-order chi connectivity index (χ0) is 15.1. The van der Waals surface area contributed by atoms with Gasteiger partial charge in [0.1, 0.15) is 5.82 Å². The molecule has 5 nitrogen and oxygen atoms in total. The molecule has 0 aromatic carbocycles. The third-order valence-corrected chi connectivity index (χ3v) is 4.60. The quantitative estimate of drug-likeness (QED) is 0.942. The predicted octanol–water partition coefficient (Wildman–Crippen LogP) is 2.45. The van der Waals surface area contributed by atoms with Crippen LogP contribution < -0.4 is 4.72 Å². The van der Waals surface area contributed by atoms with Crippen LogP contribution in [0.25, 0.3) is 5.52 Å². The number of rotatable bonds is 4. The van der Waals surface area contributed by atoms with E-state index in [-0.39, 0.29) is 17.0 Å². The molecule has 110 valence electrons. The zero-order valence-electron chi connectivity index (χ0n) is 12.5. The van der Waals surface area contributed by atoms with Crippen molar-refractivity contribution < 1.29 is 8.42 Å². The Morgan fingerprint density at radius 3 is 2.40 bits per heavy atom. The molecule has 2 rings (SSSR count). The van der Waals surface area contributed by atoms with Gasteiger partial charge in [-0.3, -0.25) is 4.40 Å². The highest BCUT2D eigenvalue weighted by Crippen LogP contribution is 2.24. The molecule has 0 amide bonds. The van der Waals surface area contributed by atoms with Crippen LogP contribution in [-0.2, 0) is 10.0 Å². The molecule has 0 spiro atoms. The van der Waals surface area contributed by atoms with Crippen LogP contribution in [0.1, 0.15) is 45.1 Å². The molecular weight excluding hydrogens is 274 g/mol. The predicted molar refractivity (Wildman–Crippen MR) is 79.5 cm³/mol. The number of aryl methyl sites for hydroxylation is 1. The number of nitrogens with one attached hydrogen (secondary N) is 1. The van der Waals surface area contributed by atoms with E-state index in [1.54, 1.807) is 19.9 Å². The van der Waals surface area contributed by atoms with Crippen molar-refractivity contribution in [1.82, 2.24) is 14.1 Å². The summed E-state index contributed by atoms with van der Waals surface area (Å²) in [7, 11) is -3.60. The van der Waals surface area contributed by atoms with E-state index >= 15 is 0 Å². The monoisotopic (exact) mass is 295 g/mol. The SMILES string of the molecule is Cc1cccc2c(S(=O)(=O)NC(C)C)nc(C(C)C)n12. The molecule has 0 saturated heterocycles. The van der Waals surface area contributed by atoms with Crippen molar-refractivity contribution in [1.29, 1.82) is 0 Å². The minimum absolute atomic E-state index is 0.110. The fourth-order valence-electron chi connectivity index (χ4n) is 2.25. The van der Waals surface area contributed by atoms with Gasteiger partial charge in [0.2, 0.25) is 0 Å². The van der Waals surface area contributed by atoms with Gasteiger partial charge in [-0.05, 0) is 32.9 Å². The first-order chi connectivity index (χ1) is 9.24. The highest BCUT2D eigenvalue weighted by Gasteiger charge is 2.25. The molecule has 0 aliphatic heterocycles. The standard InChI is InChI=1S/C14H21N3O2S/c1-9(2)13-15-14(20(18,19)16-10(3)4)12-8-6-7-11(5)17(12)13/h6-10,16H,1-5H3. The Morgan fingerprint density at radius 2 is 1.85 bits per heavy atom. The molecule has 0 aliphatic rings. The van der Waals surface area contributed by atoms with E-state index in [9.17, 15) is 8.42 Å². The first kappa shape index (κ1) is 15.0. The molecule has 0 fully saturated rings. The van der Waals surface area contributed by atoms with Crippen LogP contribution in [0.15, 0.2) is 23.2 Å².